The van der Waals surface area contributed by atoms with E-state index in [4.69, 9.17) is 23.8 Å². The zero-order valence-electron chi connectivity index (χ0n) is 13.7. The van der Waals surface area contributed by atoms with Gasteiger partial charge in [0.25, 0.3) is 11.8 Å². The highest BCUT2D eigenvalue weighted by Gasteiger charge is 2.33. The van der Waals surface area contributed by atoms with Crippen molar-refractivity contribution in [1.29, 1.82) is 0 Å². The molecule has 2 aliphatic rings. The van der Waals surface area contributed by atoms with Crippen molar-refractivity contribution in [2.75, 3.05) is 24.5 Å². The molecule has 2 saturated heterocycles. The molecule has 10 heteroatoms. The minimum absolute atomic E-state index is 0.0473. The first kappa shape index (κ1) is 18.7. The van der Waals surface area contributed by atoms with Crippen molar-refractivity contribution in [2.24, 2.45) is 0 Å². The quantitative estimate of drug-likeness (QED) is 0.352. The zero-order valence-corrected chi connectivity index (χ0v) is 16.0. The van der Waals surface area contributed by atoms with E-state index in [2.05, 4.69) is 16.9 Å². The van der Waals surface area contributed by atoms with Gasteiger partial charge in [0.1, 0.15) is 16.5 Å². The summed E-state index contributed by atoms with van der Waals surface area (Å²) in [4.78, 5) is 44.1. The molecular formula is C16H15ClN4O3S2. The normalized spacial score (nSPS) is 20.0. The van der Waals surface area contributed by atoms with Crippen molar-refractivity contribution in [3.05, 3.63) is 28.3 Å². The molecule has 7 nitrogen and oxygen atoms in total. The minimum Gasteiger partial charge on any atom is -0.347 e. The highest BCUT2D eigenvalue weighted by atomic mass is 35.5. The highest BCUT2D eigenvalue weighted by Crippen LogP contribution is 2.33. The number of hydrogen-bond donors (Lipinski definition) is 1. The van der Waals surface area contributed by atoms with Gasteiger partial charge in [-0.05, 0) is 18.3 Å². The molecule has 0 atom stereocenters. The Bertz CT molecular complexity index is 839. The molecule has 0 spiro atoms. The molecule has 0 saturated carbocycles. The smallest absolute Gasteiger partial charge is 0.265 e. The minimum atomic E-state index is -0.574. The van der Waals surface area contributed by atoms with E-state index in [1.807, 2.05) is 4.90 Å². The molecule has 26 heavy (non-hydrogen) atoms. The Hall–Kier alpha value is -2.10. The fourth-order valence-corrected chi connectivity index (χ4v) is 4.10. The van der Waals surface area contributed by atoms with Gasteiger partial charge in [-0.25, -0.2) is 4.98 Å². The molecule has 0 bridgehead atoms. The van der Waals surface area contributed by atoms with E-state index >= 15 is 0 Å². The number of rotatable bonds is 4. The summed E-state index contributed by atoms with van der Waals surface area (Å²) in [5.74, 6) is -0.850. The third-order valence-electron chi connectivity index (χ3n) is 3.96. The summed E-state index contributed by atoms with van der Waals surface area (Å²) < 4.78 is 0. The summed E-state index contributed by atoms with van der Waals surface area (Å²) in [5, 5.41) is 3.40. The third kappa shape index (κ3) is 3.69. The Kier molecular flexibility index (Phi) is 5.49. The summed E-state index contributed by atoms with van der Waals surface area (Å²) in [7, 11) is 0. The van der Waals surface area contributed by atoms with Gasteiger partial charge in [0, 0.05) is 32.5 Å². The molecular weight excluding hydrogens is 396 g/mol. The summed E-state index contributed by atoms with van der Waals surface area (Å²) in [5.41, 5.74) is -0.0635. The van der Waals surface area contributed by atoms with Gasteiger partial charge in [0.15, 0.2) is 10.2 Å². The van der Waals surface area contributed by atoms with Gasteiger partial charge in [-0.2, -0.15) is 0 Å². The Labute approximate surface area is 164 Å². The van der Waals surface area contributed by atoms with Crippen LogP contribution in [0.3, 0.4) is 0 Å². The number of carbonyl (C=O) groups is 3. The molecule has 0 aliphatic carbocycles. The van der Waals surface area contributed by atoms with E-state index in [9.17, 15) is 14.4 Å². The molecule has 136 valence electrons. The third-order valence-corrected chi connectivity index (χ3v) is 5.75. The van der Waals surface area contributed by atoms with Gasteiger partial charge in [0.05, 0.1) is 4.88 Å². The van der Waals surface area contributed by atoms with Gasteiger partial charge >= 0.3 is 0 Å². The van der Waals surface area contributed by atoms with E-state index in [0.29, 0.717) is 35.9 Å². The maximum absolute atomic E-state index is 12.6. The Morgan fingerprint density at radius 3 is 2.65 bits per heavy atom. The van der Waals surface area contributed by atoms with Crippen LogP contribution in [-0.4, -0.2) is 52.2 Å². The molecule has 2 fully saturated rings. The molecule has 3 rings (SSSR count). The average molecular weight is 411 g/mol. The van der Waals surface area contributed by atoms with Crippen molar-refractivity contribution in [3.63, 3.8) is 0 Å². The number of aromatic nitrogens is 1. The molecule has 1 aromatic heterocycles. The van der Waals surface area contributed by atoms with Gasteiger partial charge in [-0.1, -0.05) is 29.0 Å². The second kappa shape index (κ2) is 7.65. The predicted octanol–water partition coefficient (Wildman–Crippen LogP) is 1.78. The van der Waals surface area contributed by atoms with Crippen molar-refractivity contribution in [1.82, 2.24) is 15.2 Å². The zero-order chi connectivity index (χ0) is 18.8. The number of nitrogens with one attached hydrogen (secondary N) is 1. The summed E-state index contributed by atoms with van der Waals surface area (Å²) in [6.07, 6.45) is 3.90. The maximum Gasteiger partial charge on any atom is 0.265 e. The number of anilines is 1. The van der Waals surface area contributed by atoms with Crippen LogP contribution in [0.2, 0.25) is 5.15 Å². The van der Waals surface area contributed by atoms with E-state index < -0.39 is 11.8 Å². The molecule has 1 aromatic rings. The number of carbonyl (C=O) groups excluding carboxylic acids is 3. The molecule has 0 aromatic carbocycles. The van der Waals surface area contributed by atoms with Gasteiger partial charge in [-0.3, -0.25) is 24.6 Å². The van der Waals surface area contributed by atoms with Crippen LogP contribution in [0.25, 0.3) is 6.08 Å². The van der Waals surface area contributed by atoms with Gasteiger partial charge in [-0.15, -0.1) is 6.58 Å². The number of nitrogens with zero attached hydrogens (tertiary/aromatic N) is 3. The van der Waals surface area contributed by atoms with Crippen molar-refractivity contribution >= 4 is 69.1 Å². The highest BCUT2D eigenvalue weighted by molar-refractivity contribution is 7.80. The lowest BCUT2D eigenvalue weighted by atomic mass is 10.1. The Balaban J connectivity index is 1.87. The average Bonchev–Trinajstić information content (AvgIpc) is 2.96. The topological polar surface area (TPSA) is 82.6 Å². The van der Waals surface area contributed by atoms with Crippen LogP contribution in [0.4, 0.5) is 5.13 Å². The van der Waals surface area contributed by atoms with E-state index in [1.165, 1.54) is 28.4 Å². The number of piperidine rings is 1. The van der Waals surface area contributed by atoms with Gasteiger partial charge < -0.3 is 4.90 Å². The lowest BCUT2D eigenvalue weighted by Gasteiger charge is -2.27. The van der Waals surface area contributed by atoms with Crippen molar-refractivity contribution < 1.29 is 14.4 Å². The number of halogens is 1. The van der Waals surface area contributed by atoms with E-state index in [0.717, 1.165) is 0 Å². The maximum atomic E-state index is 12.6. The molecule has 0 unspecified atom stereocenters. The second-order valence-corrected chi connectivity index (χ2v) is 7.45. The fourth-order valence-electron chi connectivity index (χ4n) is 2.59. The van der Waals surface area contributed by atoms with E-state index in [1.54, 1.807) is 0 Å². The first-order valence-corrected chi connectivity index (χ1v) is 9.43. The second-order valence-electron chi connectivity index (χ2n) is 5.70. The van der Waals surface area contributed by atoms with E-state index in [-0.39, 0.29) is 28.2 Å². The SMILES string of the molecule is C=CCN1C(=O)C(=Cc2sc(N3CCC(=O)CC3)nc2Cl)C(=O)NC1=S. The molecule has 3 heterocycles. The summed E-state index contributed by atoms with van der Waals surface area (Å²) in [6.45, 7) is 4.94. The first-order valence-electron chi connectivity index (χ1n) is 7.83. The van der Waals surface area contributed by atoms with Crippen LogP contribution >= 0.6 is 35.2 Å². The van der Waals surface area contributed by atoms with Crippen molar-refractivity contribution in [3.8, 4) is 0 Å². The van der Waals surface area contributed by atoms with Crippen LogP contribution in [0.15, 0.2) is 18.2 Å². The number of thiazole rings is 1. The van der Waals surface area contributed by atoms with Crippen LogP contribution < -0.4 is 10.2 Å². The van der Waals surface area contributed by atoms with Gasteiger partial charge in [0.2, 0.25) is 0 Å². The fraction of sp³-hybridized carbons (Fsp3) is 0.312. The van der Waals surface area contributed by atoms with Crippen LogP contribution in [-0.2, 0) is 14.4 Å². The lowest BCUT2D eigenvalue weighted by Crippen LogP contribution is -2.53. The number of thiocarbonyl (C=S) groups is 1. The standard InChI is InChI=1S/C16H15ClN4O3S2/c1-2-5-21-14(24)10(13(23)19-15(21)25)8-11-12(17)18-16(26-11)20-6-3-9(22)4-7-20/h2,8H,1,3-7H2,(H,19,23,25). The molecule has 0 radical (unpaired) electrons. The number of amides is 2. The van der Waals surface area contributed by atoms with Crippen LogP contribution in [0, 0.1) is 0 Å². The van der Waals surface area contributed by atoms with Crippen molar-refractivity contribution in [2.45, 2.75) is 12.8 Å². The van der Waals surface area contributed by atoms with Crippen LogP contribution in [0.5, 0.6) is 0 Å². The summed E-state index contributed by atoms with van der Waals surface area (Å²) >= 11 is 12.5. The number of ketones is 1. The lowest BCUT2D eigenvalue weighted by molar-refractivity contribution is -0.128. The Morgan fingerprint density at radius 1 is 1.31 bits per heavy atom. The monoisotopic (exact) mass is 410 g/mol. The molecule has 1 N–H and O–H groups in total. The van der Waals surface area contributed by atoms with Crippen LogP contribution in [0.1, 0.15) is 17.7 Å². The Morgan fingerprint density at radius 2 is 2.00 bits per heavy atom. The number of hydrogen-bond acceptors (Lipinski definition) is 7. The predicted molar refractivity (Wildman–Crippen MR) is 104 cm³/mol. The summed E-state index contributed by atoms with van der Waals surface area (Å²) in [6, 6.07) is 0. The first-order chi connectivity index (χ1) is 12.4. The largest absolute Gasteiger partial charge is 0.347 e. The molecule has 2 amide bonds. The molecule has 2 aliphatic heterocycles. The number of Topliss-reactive ketones (excluding diaryl/α,β-unsaturated/α-hetero) is 1.